The first-order chi connectivity index (χ1) is 8.58. The van der Waals surface area contributed by atoms with Gasteiger partial charge in [0, 0.05) is 11.7 Å². The van der Waals surface area contributed by atoms with Crippen molar-refractivity contribution in [1.29, 1.82) is 0 Å². The van der Waals surface area contributed by atoms with Crippen LogP contribution in [0.5, 0.6) is 5.75 Å². The monoisotopic (exact) mass is 288 g/mol. The summed E-state index contributed by atoms with van der Waals surface area (Å²) in [4.78, 5) is 2.37. The molecule has 1 aliphatic rings. The molecular weight excluding hydrogens is 271 g/mol. The molecule has 1 unspecified atom stereocenters. The number of rotatable bonds is 4. The molecule has 18 heavy (non-hydrogen) atoms. The number of ether oxygens (including phenoxy) is 1. The van der Waals surface area contributed by atoms with E-state index in [1.807, 2.05) is 0 Å². The van der Waals surface area contributed by atoms with Gasteiger partial charge in [0.1, 0.15) is 0 Å². The SMILES string of the molecule is CN1CCCC1CCOc1c(Cl)cc(N)cc1Cl. The molecule has 0 spiro atoms. The fourth-order valence-corrected chi connectivity index (χ4v) is 2.97. The zero-order chi connectivity index (χ0) is 13.1. The summed E-state index contributed by atoms with van der Waals surface area (Å²) >= 11 is 12.1. The number of likely N-dealkylation sites (tertiary alicyclic amines) is 1. The van der Waals surface area contributed by atoms with E-state index in [4.69, 9.17) is 33.7 Å². The lowest BCUT2D eigenvalue weighted by molar-refractivity contribution is 0.233. The van der Waals surface area contributed by atoms with Gasteiger partial charge in [-0.15, -0.1) is 0 Å². The van der Waals surface area contributed by atoms with Crippen molar-refractivity contribution in [2.45, 2.75) is 25.3 Å². The van der Waals surface area contributed by atoms with Crippen LogP contribution in [0, 0.1) is 0 Å². The van der Waals surface area contributed by atoms with Crippen molar-refractivity contribution in [3.63, 3.8) is 0 Å². The molecule has 1 aromatic rings. The smallest absolute Gasteiger partial charge is 0.156 e. The summed E-state index contributed by atoms with van der Waals surface area (Å²) in [5.41, 5.74) is 6.19. The second-order valence-electron chi connectivity index (χ2n) is 4.73. The maximum absolute atomic E-state index is 6.06. The van der Waals surface area contributed by atoms with E-state index < -0.39 is 0 Å². The van der Waals surface area contributed by atoms with Crippen LogP contribution in [0.25, 0.3) is 0 Å². The maximum Gasteiger partial charge on any atom is 0.156 e. The summed E-state index contributed by atoms with van der Waals surface area (Å²) in [5, 5.41) is 0.944. The summed E-state index contributed by atoms with van der Waals surface area (Å²) in [6.45, 7) is 1.80. The molecule has 100 valence electrons. The Morgan fingerprint density at radius 1 is 1.39 bits per heavy atom. The minimum atomic E-state index is 0.472. The summed E-state index contributed by atoms with van der Waals surface area (Å²) in [5.74, 6) is 0.535. The van der Waals surface area contributed by atoms with E-state index in [2.05, 4.69) is 11.9 Å². The number of hydrogen-bond acceptors (Lipinski definition) is 3. The predicted octanol–water partition coefficient (Wildman–Crippen LogP) is 3.44. The van der Waals surface area contributed by atoms with Crippen molar-refractivity contribution in [2.75, 3.05) is 25.9 Å². The Kier molecular flexibility index (Phi) is 4.60. The summed E-state index contributed by atoms with van der Waals surface area (Å²) in [6.07, 6.45) is 3.50. The van der Waals surface area contributed by atoms with Gasteiger partial charge >= 0.3 is 0 Å². The highest BCUT2D eigenvalue weighted by Crippen LogP contribution is 2.35. The van der Waals surface area contributed by atoms with Crippen molar-refractivity contribution in [3.05, 3.63) is 22.2 Å². The Morgan fingerprint density at radius 3 is 2.61 bits per heavy atom. The molecular formula is C13H18Cl2N2O. The van der Waals surface area contributed by atoms with E-state index >= 15 is 0 Å². The van der Waals surface area contributed by atoms with Crippen molar-refractivity contribution in [3.8, 4) is 5.75 Å². The van der Waals surface area contributed by atoms with Gasteiger partial charge in [0.15, 0.2) is 5.75 Å². The molecule has 0 bridgehead atoms. The summed E-state index contributed by atoms with van der Waals surface area (Å²) < 4.78 is 5.69. The number of nitrogens with two attached hydrogens (primary N) is 1. The van der Waals surface area contributed by atoms with Crippen molar-refractivity contribution >= 4 is 28.9 Å². The summed E-state index contributed by atoms with van der Waals surface area (Å²) in [6, 6.07) is 3.92. The molecule has 3 nitrogen and oxygen atoms in total. The molecule has 1 heterocycles. The molecule has 5 heteroatoms. The average molecular weight is 289 g/mol. The minimum absolute atomic E-state index is 0.472. The van der Waals surface area contributed by atoms with Crippen LogP contribution in [0.15, 0.2) is 12.1 Å². The molecule has 2 rings (SSSR count). The van der Waals surface area contributed by atoms with Gasteiger partial charge < -0.3 is 15.4 Å². The predicted molar refractivity (Wildman–Crippen MR) is 76.6 cm³/mol. The van der Waals surface area contributed by atoms with Crippen LogP contribution in [0.2, 0.25) is 10.0 Å². The van der Waals surface area contributed by atoms with Crippen molar-refractivity contribution in [1.82, 2.24) is 4.90 Å². The molecule has 1 aromatic carbocycles. The van der Waals surface area contributed by atoms with Gasteiger partial charge in [-0.05, 0) is 45.0 Å². The Balaban J connectivity index is 1.90. The molecule has 0 aliphatic carbocycles. The van der Waals surface area contributed by atoms with Crippen LogP contribution >= 0.6 is 23.2 Å². The number of halogens is 2. The number of anilines is 1. The van der Waals surface area contributed by atoms with Gasteiger partial charge in [0.25, 0.3) is 0 Å². The lowest BCUT2D eigenvalue weighted by Crippen LogP contribution is -2.26. The Morgan fingerprint density at radius 2 is 2.06 bits per heavy atom. The number of nitrogens with zero attached hydrogens (tertiary/aromatic N) is 1. The molecule has 1 saturated heterocycles. The van der Waals surface area contributed by atoms with E-state index in [0.717, 1.165) is 6.42 Å². The second kappa shape index (κ2) is 6.00. The summed E-state index contributed by atoms with van der Waals surface area (Å²) in [7, 11) is 2.15. The zero-order valence-corrected chi connectivity index (χ0v) is 12.0. The maximum atomic E-state index is 6.06. The fourth-order valence-electron chi connectivity index (χ4n) is 2.36. The molecule has 1 atom stereocenters. The zero-order valence-electron chi connectivity index (χ0n) is 10.5. The van der Waals surface area contributed by atoms with E-state index in [1.165, 1.54) is 19.4 Å². The highest BCUT2D eigenvalue weighted by atomic mass is 35.5. The first-order valence-electron chi connectivity index (χ1n) is 6.15. The molecule has 0 amide bonds. The third-order valence-corrected chi connectivity index (χ3v) is 3.95. The molecule has 0 radical (unpaired) electrons. The van der Waals surface area contributed by atoms with Crippen molar-refractivity contribution < 1.29 is 4.74 Å². The van der Waals surface area contributed by atoms with Crippen LogP contribution < -0.4 is 10.5 Å². The van der Waals surface area contributed by atoms with Gasteiger partial charge in [0.05, 0.1) is 16.7 Å². The van der Waals surface area contributed by atoms with Gasteiger partial charge in [-0.3, -0.25) is 0 Å². The van der Waals surface area contributed by atoms with E-state index in [0.29, 0.717) is 34.1 Å². The van der Waals surface area contributed by atoms with E-state index in [1.54, 1.807) is 12.1 Å². The Labute approximate surface area is 118 Å². The third kappa shape index (κ3) is 3.22. The lowest BCUT2D eigenvalue weighted by atomic mass is 10.1. The van der Waals surface area contributed by atoms with Crippen molar-refractivity contribution in [2.24, 2.45) is 0 Å². The largest absolute Gasteiger partial charge is 0.490 e. The highest BCUT2D eigenvalue weighted by Gasteiger charge is 2.20. The van der Waals surface area contributed by atoms with Gasteiger partial charge in [0.2, 0.25) is 0 Å². The molecule has 1 aliphatic heterocycles. The average Bonchev–Trinajstić information content (AvgIpc) is 2.68. The van der Waals surface area contributed by atoms with Gasteiger partial charge in [-0.1, -0.05) is 23.2 Å². The van der Waals surface area contributed by atoms with Crippen LogP contribution in [0.3, 0.4) is 0 Å². The molecule has 1 fully saturated rings. The normalized spacial score (nSPS) is 20.3. The second-order valence-corrected chi connectivity index (χ2v) is 5.54. The molecule has 0 saturated carbocycles. The van der Waals surface area contributed by atoms with Crippen LogP contribution in [-0.4, -0.2) is 31.1 Å². The standard InChI is InChI=1S/C13H18Cl2N2O/c1-17-5-2-3-10(17)4-6-18-13-11(14)7-9(16)8-12(13)15/h7-8,10H,2-6,16H2,1H3. The molecule has 0 aromatic heterocycles. The molecule has 2 N–H and O–H groups in total. The van der Waals surface area contributed by atoms with Crippen LogP contribution in [-0.2, 0) is 0 Å². The Hall–Kier alpha value is -0.640. The van der Waals surface area contributed by atoms with Crippen LogP contribution in [0.4, 0.5) is 5.69 Å². The Bertz CT molecular complexity index is 402. The number of benzene rings is 1. The topological polar surface area (TPSA) is 38.5 Å². The van der Waals surface area contributed by atoms with Crippen LogP contribution in [0.1, 0.15) is 19.3 Å². The lowest BCUT2D eigenvalue weighted by Gasteiger charge is -2.19. The van der Waals surface area contributed by atoms with Gasteiger partial charge in [-0.2, -0.15) is 0 Å². The fraction of sp³-hybridized carbons (Fsp3) is 0.538. The first-order valence-corrected chi connectivity index (χ1v) is 6.91. The van der Waals surface area contributed by atoms with E-state index in [9.17, 15) is 0 Å². The number of hydrogen-bond donors (Lipinski definition) is 1. The third-order valence-electron chi connectivity index (χ3n) is 3.39. The number of nitrogen functional groups attached to an aromatic ring is 1. The van der Waals surface area contributed by atoms with E-state index in [-0.39, 0.29) is 0 Å². The van der Waals surface area contributed by atoms with Gasteiger partial charge in [-0.25, -0.2) is 0 Å². The first kappa shape index (κ1) is 13.8. The highest BCUT2D eigenvalue weighted by molar-refractivity contribution is 6.37. The quantitative estimate of drug-likeness (QED) is 0.863. The minimum Gasteiger partial charge on any atom is -0.490 e.